The van der Waals surface area contributed by atoms with Gasteiger partial charge in [0.25, 0.3) is 5.91 Å². The summed E-state index contributed by atoms with van der Waals surface area (Å²) in [6.45, 7) is 1.52. The van der Waals surface area contributed by atoms with Crippen molar-refractivity contribution in [2.45, 2.75) is 25.4 Å². The highest BCUT2D eigenvalue weighted by Gasteiger charge is 2.23. The third-order valence-electron chi connectivity index (χ3n) is 4.47. The second-order valence-corrected chi connectivity index (χ2v) is 6.83. The summed E-state index contributed by atoms with van der Waals surface area (Å²) in [5.74, 6) is -2.12. The number of hydrogen-bond donors (Lipinski definition) is 3. The number of carbonyl (C=O) groups excluding carboxylic acids is 4. The van der Waals surface area contributed by atoms with E-state index < -0.39 is 35.8 Å². The van der Waals surface area contributed by atoms with E-state index in [0.717, 1.165) is 5.56 Å². The zero-order valence-electron chi connectivity index (χ0n) is 17.3. The van der Waals surface area contributed by atoms with Crippen LogP contribution in [0.25, 0.3) is 6.08 Å². The van der Waals surface area contributed by atoms with Crippen LogP contribution in [0.15, 0.2) is 60.7 Å². The van der Waals surface area contributed by atoms with E-state index in [9.17, 15) is 19.2 Å². The van der Waals surface area contributed by atoms with Crippen LogP contribution in [0.3, 0.4) is 0 Å². The van der Waals surface area contributed by atoms with Gasteiger partial charge in [-0.1, -0.05) is 42.5 Å². The summed E-state index contributed by atoms with van der Waals surface area (Å²) >= 11 is 0. The summed E-state index contributed by atoms with van der Waals surface area (Å²) in [4.78, 5) is 47.7. The van der Waals surface area contributed by atoms with Crippen molar-refractivity contribution in [2.75, 3.05) is 7.11 Å². The molecule has 162 valence electrons. The molecule has 3 amide bonds. The molecular formula is C23H25N3O5. The maximum absolute atomic E-state index is 12.5. The molecule has 0 radical (unpaired) electrons. The predicted octanol–water partition coefficient (Wildman–Crippen LogP) is 1.20. The molecule has 2 aromatic carbocycles. The predicted molar refractivity (Wildman–Crippen MR) is 116 cm³/mol. The number of primary amides is 1. The lowest BCUT2D eigenvalue weighted by Crippen LogP contribution is -2.52. The Bertz CT molecular complexity index is 955. The number of rotatable bonds is 9. The Morgan fingerprint density at radius 2 is 1.65 bits per heavy atom. The van der Waals surface area contributed by atoms with E-state index in [1.807, 2.05) is 30.3 Å². The van der Waals surface area contributed by atoms with Gasteiger partial charge >= 0.3 is 5.97 Å². The SMILES string of the molecule is COC(=O)/C=C/c1ccc(C(=O)N[C@@H](C)C(=O)N[C@@H](Cc2ccccc2)C(N)=O)cc1. The summed E-state index contributed by atoms with van der Waals surface area (Å²) in [6, 6.07) is 13.8. The van der Waals surface area contributed by atoms with Crippen molar-refractivity contribution >= 4 is 29.8 Å². The van der Waals surface area contributed by atoms with Crippen molar-refractivity contribution in [3.63, 3.8) is 0 Å². The molecule has 0 aliphatic heterocycles. The minimum absolute atomic E-state index is 0.253. The van der Waals surface area contributed by atoms with Crippen LogP contribution in [0.5, 0.6) is 0 Å². The normalized spacial score (nSPS) is 12.6. The fraction of sp³-hybridized carbons (Fsp3) is 0.217. The first-order valence-electron chi connectivity index (χ1n) is 9.60. The van der Waals surface area contributed by atoms with Gasteiger partial charge in [0.2, 0.25) is 11.8 Å². The van der Waals surface area contributed by atoms with Crippen molar-refractivity contribution in [1.29, 1.82) is 0 Å². The lowest BCUT2D eigenvalue weighted by molar-refractivity contribution is -0.134. The van der Waals surface area contributed by atoms with Gasteiger partial charge in [0.05, 0.1) is 7.11 Å². The number of hydrogen-bond acceptors (Lipinski definition) is 5. The summed E-state index contributed by atoms with van der Waals surface area (Å²) < 4.78 is 4.52. The Labute approximate surface area is 180 Å². The second-order valence-electron chi connectivity index (χ2n) is 6.83. The maximum atomic E-state index is 12.5. The lowest BCUT2D eigenvalue weighted by Gasteiger charge is -2.19. The van der Waals surface area contributed by atoms with Crippen LogP contribution in [-0.2, 0) is 25.5 Å². The van der Waals surface area contributed by atoms with E-state index in [0.29, 0.717) is 11.1 Å². The highest BCUT2D eigenvalue weighted by atomic mass is 16.5. The fourth-order valence-electron chi connectivity index (χ4n) is 2.69. The van der Waals surface area contributed by atoms with Crippen LogP contribution in [0.2, 0.25) is 0 Å². The number of ether oxygens (including phenoxy) is 1. The molecule has 0 spiro atoms. The quantitative estimate of drug-likeness (QED) is 0.413. The highest BCUT2D eigenvalue weighted by Crippen LogP contribution is 2.07. The van der Waals surface area contributed by atoms with E-state index in [1.54, 1.807) is 30.3 Å². The number of methoxy groups -OCH3 is 1. The molecule has 2 rings (SSSR count). The molecule has 0 fully saturated rings. The van der Waals surface area contributed by atoms with Crippen LogP contribution in [-0.4, -0.2) is 42.9 Å². The Kier molecular flexibility index (Phi) is 8.51. The van der Waals surface area contributed by atoms with Gasteiger partial charge in [-0.25, -0.2) is 4.79 Å². The van der Waals surface area contributed by atoms with Gasteiger partial charge in [0.1, 0.15) is 12.1 Å². The molecule has 0 aromatic heterocycles. The van der Waals surface area contributed by atoms with E-state index >= 15 is 0 Å². The van der Waals surface area contributed by atoms with Crippen molar-refractivity contribution < 1.29 is 23.9 Å². The van der Waals surface area contributed by atoms with Gasteiger partial charge < -0.3 is 21.1 Å². The van der Waals surface area contributed by atoms with Crippen LogP contribution in [0.1, 0.15) is 28.4 Å². The molecule has 4 N–H and O–H groups in total. The van der Waals surface area contributed by atoms with Gasteiger partial charge in [-0.05, 0) is 36.3 Å². The Hall–Kier alpha value is -3.94. The standard InChI is InChI=1S/C23H25N3O5/c1-15(22(29)26-19(21(24)28)14-17-6-4-3-5-7-17)25-23(30)18-11-8-16(9-12-18)10-13-20(27)31-2/h3-13,15,19H,14H2,1-2H3,(H2,24,28)(H,25,30)(H,26,29)/b13-10+/t15-,19-/m0/s1. The molecule has 0 aliphatic rings. The molecule has 0 unspecified atom stereocenters. The average Bonchev–Trinajstić information content (AvgIpc) is 2.77. The fourth-order valence-corrected chi connectivity index (χ4v) is 2.69. The summed E-state index contributed by atoms with van der Waals surface area (Å²) in [7, 11) is 1.28. The molecule has 2 aromatic rings. The second kappa shape index (κ2) is 11.3. The maximum Gasteiger partial charge on any atom is 0.330 e. The van der Waals surface area contributed by atoms with Crippen molar-refractivity contribution in [3.05, 3.63) is 77.4 Å². The Morgan fingerprint density at radius 3 is 2.23 bits per heavy atom. The van der Waals surface area contributed by atoms with Crippen LogP contribution >= 0.6 is 0 Å². The molecule has 0 heterocycles. The number of carbonyl (C=O) groups is 4. The van der Waals surface area contributed by atoms with Crippen molar-refractivity contribution in [2.24, 2.45) is 5.73 Å². The zero-order chi connectivity index (χ0) is 22.8. The zero-order valence-corrected chi connectivity index (χ0v) is 17.3. The van der Waals surface area contributed by atoms with Gasteiger partial charge in [-0.2, -0.15) is 0 Å². The van der Waals surface area contributed by atoms with Gasteiger partial charge in [0, 0.05) is 18.1 Å². The number of amides is 3. The molecule has 0 saturated heterocycles. The first-order chi connectivity index (χ1) is 14.8. The molecular weight excluding hydrogens is 398 g/mol. The first kappa shape index (κ1) is 23.3. The van der Waals surface area contributed by atoms with E-state index in [2.05, 4.69) is 15.4 Å². The first-order valence-corrected chi connectivity index (χ1v) is 9.60. The van der Waals surface area contributed by atoms with Crippen LogP contribution < -0.4 is 16.4 Å². The van der Waals surface area contributed by atoms with Crippen molar-refractivity contribution in [1.82, 2.24) is 10.6 Å². The van der Waals surface area contributed by atoms with E-state index in [-0.39, 0.29) is 6.42 Å². The minimum atomic E-state index is -0.893. The molecule has 31 heavy (non-hydrogen) atoms. The Balaban J connectivity index is 1.94. The smallest absolute Gasteiger partial charge is 0.330 e. The van der Waals surface area contributed by atoms with E-state index in [4.69, 9.17) is 5.73 Å². The summed E-state index contributed by atoms with van der Waals surface area (Å²) in [5.41, 5.74) is 7.31. The van der Waals surface area contributed by atoms with Crippen LogP contribution in [0.4, 0.5) is 0 Å². The molecule has 8 heteroatoms. The monoisotopic (exact) mass is 423 g/mol. The minimum Gasteiger partial charge on any atom is -0.466 e. The Morgan fingerprint density at radius 1 is 1.00 bits per heavy atom. The van der Waals surface area contributed by atoms with Crippen molar-refractivity contribution in [3.8, 4) is 0 Å². The topological polar surface area (TPSA) is 128 Å². The summed E-state index contributed by atoms with van der Waals surface area (Å²) in [6.07, 6.45) is 3.08. The molecule has 2 atom stereocenters. The van der Waals surface area contributed by atoms with E-state index in [1.165, 1.54) is 20.1 Å². The number of nitrogens with one attached hydrogen (secondary N) is 2. The average molecular weight is 423 g/mol. The lowest BCUT2D eigenvalue weighted by atomic mass is 10.1. The molecule has 0 saturated carbocycles. The third-order valence-corrected chi connectivity index (χ3v) is 4.47. The molecule has 0 bridgehead atoms. The highest BCUT2D eigenvalue weighted by molar-refractivity contribution is 5.98. The summed E-state index contributed by atoms with van der Waals surface area (Å²) in [5, 5.41) is 5.17. The largest absolute Gasteiger partial charge is 0.466 e. The van der Waals surface area contributed by atoms with Gasteiger partial charge in [-0.15, -0.1) is 0 Å². The number of benzene rings is 2. The molecule has 0 aliphatic carbocycles. The van der Waals surface area contributed by atoms with Crippen LogP contribution in [0, 0.1) is 0 Å². The van der Waals surface area contributed by atoms with Gasteiger partial charge in [-0.3, -0.25) is 14.4 Å². The number of esters is 1. The van der Waals surface area contributed by atoms with Gasteiger partial charge in [0.15, 0.2) is 0 Å². The molecule has 8 nitrogen and oxygen atoms in total. The third kappa shape index (κ3) is 7.43. The number of nitrogens with two attached hydrogens (primary N) is 1.